The fraction of sp³-hybridized carbons (Fsp3) is 1.00. The van der Waals surface area contributed by atoms with Gasteiger partial charge in [-0.1, -0.05) is 6.42 Å². The number of rotatable bonds is 5. The van der Waals surface area contributed by atoms with Crippen molar-refractivity contribution in [3.8, 4) is 0 Å². The minimum Gasteiger partial charge on any atom is -0.350 e. The largest absolute Gasteiger partial charge is 0.350 e. The Bertz CT molecular complexity index is 166. The SMILES string of the molecule is C1CSC(CCCCC2OCCO2)SC1. The first-order chi connectivity index (χ1) is 7.45. The van der Waals surface area contributed by atoms with Gasteiger partial charge in [0.15, 0.2) is 6.29 Å². The average Bonchev–Trinajstić information content (AvgIpc) is 2.79. The first-order valence-electron chi connectivity index (χ1n) is 5.91. The molecule has 2 rings (SSSR count). The molecule has 4 heteroatoms. The maximum absolute atomic E-state index is 5.41. The summed E-state index contributed by atoms with van der Waals surface area (Å²) in [5.74, 6) is 2.74. The van der Waals surface area contributed by atoms with Crippen LogP contribution in [0.3, 0.4) is 0 Å². The summed E-state index contributed by atoms with van der Waals surface area (Å²) in [6.07, 6.45) is 6.53. The highest BCUT2D eigenvalue weighted by atomic mass is 32.2. The summed E-state index contributed by atoms with van der Waals surface area (Å²) in [6, 6.07) is 0. The number of hydrogen-bond donors (Lipinski definition) is 0. The van der Waals surface area contributed by atoms with E-state index in [2.05, 4.69) is 23.5 Å². The van der Waals surface area contributed by atoms with Crippen molar-refractivity contribution in [2.45, 2.75) is 43.0 Å². The molecule has 0 N–H and O–H groups in total. The fourth-order valence-corrected chi connectivity index (χ4v) is 4.86. The summed E-state index contributed by atoms with van der Waals surface area (Å²) in [4.78, 5) is 0. The second-order valence-electron chi connectivity index (χ2n) is 3.98. The van der Waals surface area contributed by atoms with E-state index < -0.39 is 0 Å². The van der Waals surface area contributed by atoms with Gasteiger partial charge in [0, 0.05) is 0 Å². The smallest absolute Gasteiger partial charge is 0.157 e. The lowest BCUT2D eigenvalue weighted by molar-refractivity contribution is -0.0479. The van der Waals surface area contributed by atoms with Crippen LogP contribution in [-0.4, -0.2) is 35.6 Å². The molecule has 0 aromatic heterocycles. The zero-order chi connectivity index (χ0) is 10.3. The summed E-state index contributed by atoms with van der Waals surface area (Å²) >= 11 is 4.29. The second-order valence-corrected chi connectivity index (χ2v) is 6.90. The van der Waals surface area contributed by atoms with E-state index >= 15 is 0 Å². The van der Waals surface area contributed by atoms with Crippen LogP contribution in [0, 0.1) is 0 Å². The van der Waals surface area contributed by atoms with Crippen molar-refractivity contribution in [2.75, 3.05) is 24.7 Å². The van der Waals surface area contributed by atoms with E-state index in [1.165, 1.54) is 37.2 Å². The lowest BCUT2D eigenvalue weighted by Gasteiger charge is -2.20. The Kier molecular flexibility index (Phi) is 5.68. The number of hydrogen-bond acceptors (Lipinski definition) is 4. The van der Waals surface area contributed by atoms with Crippen molar-refractivity contribution >= 4 is 23.5 Å². The Morgan fingerprint density at radius 1 is 0.933 bits per heavy atom. The molecule has 0 atom stereocenters. The van der Waals surface area contributed by atoms with Gasteiger partial charge in [0.1, 0.15) is 0 Å². The van der Waals surface area contributed by atoms with Gasteiger partial charge in [0.2, 0.25) is 0 Å². The summed E-state index contributed by atoms with van der Waals surface area (Å²) in [5.41, 5.74) is 0. The molecule has 2 aliphatic rings. The van der Waals surface area contributed by atoms with E-state index in [-0.39, 0.29) is 6.29 Å². The Balaban J connectivity index is 1.47. The minimum absolute atomic E-state index is 0.108. The van der Waals surface area contributed by atoms with Crippen LogP contribution in [-0.2, 0) is 9.47 Å². The molecule has 0 aromatic carbocycles. The van der Waals surface area contributed by atoms with E-state index in [4.69, 9.17) is 9.47 Å². The van der Waals surface area contributed by atoms with Crippen molar-refractivity contribution in [3.05, 3.63) is 0 Å². The molecule has 2 aliphatic heterocycles. The molecule has 0 bridgehead atoms. The van der Waals surface area contributed by atoms with Gasteiger partial charge < -0.3 is 9.47 Å². The minimum atomic E-state index is 0.108. The first kappa shape index (κ1) is 12.1. The molecule has 15 heavy (non-hydrogen) atoms. The fourth-order valence-electron chi connectivity index (χ4n) is 1.90. The Morgan fingerprint density at radius 2 is 1.60 bits per heavy atom. The molecular weight excluding hydrogens is 228 g/mol. The van der Waals surface area contributed by atoms with E-state index in [1.54, 1.807) is 0 Å². The quantitative estimate of drug-likeness (QED) is 0.696. The second kappa shape index (κ2) is 7.05. The van der Waals surface area contributed by atoms with Crippen LogP contribution in [0.15, 0.2) is 0 Å². The molecule has 0 aliphatic carbocycles. The molecule has 0 radical (unpaired) electrons. The van der Waals surface area contributed by atoms with E-state index in [1.807, 2.05) is 0 Å². The molecule has 88 valence electrons. The number of unbranched alkanes of at least 4 members (excludes halogenated alkanes) is 1. The molecule has 2 saturated heterocycles. The summed E-state index contributed by atoms with van der Waals surface area (Å²) < 4.78 is 11.7. The van der Waals surface area contributed by atoms with Gasteiger partial charge in [0.25, 0.3) is 0 Å². The lowest BCUT2D eigenvalue weighted by Crippen LogP contribution is -2.09. The molecule has 0 unspecified atom stereocenters. The van der Waals surface area contributed by atoms with Gasteiger partial charge in [-0.3, -0.25) is 0 Å². The first-order valence-corrected chi connectivity index (χ1v) is 8.01. The third-order valence-corrected chi connectivity index (χ3v) is 5.80. The third-order valence-electron chi connectivity index (χ3n) is 2.72. The normalized spacial score (nSPS) is 24.8. The predicted molar refractivity (Wildman–Crippen MR) is 67.5 cm³/mol. The Morgan fingerprint density at radius 3 is 2.33 bits per heavy atom. The molecule has 0 aromatic rings. The van der Waals surface area contributed by atoms with Crippen LogP contribution in [0.25, 0.3) is 0 Å². The highest BCUT2D eigenvalue weighted by Gasteiger charge is 2.16. The van der Waals surface area contributed by atoms with Crippen molar-refractivity contribution < 1.29 is 9.47 Å². The molecule has 0 amide bonds. The van der Waals surface area contributed by atoms with Crippen LogP contribution >= 0.6 is 23.5 Å². The highest BCUT2D eigenvalue weighted by molar-refractivity contribution is 8.17. The van der Waals surface area contributed by atoms with E-state index in [9.17, 15) is 0 Å². The molecule has 2 heterocycles. The van der Waals surface area contributed by atoms with Crippen LogP contribution in [0.1, 0.15) is 32.1 Å². The van der Waals surface area contributed by atoms with E-state index in [0.717, 1.165) is 24.2 Å². The van der Waals surface area contributed by atoms with Crippen LogP contribution in [0.4, 0.5) is 0 Å². The van der Waals surface area contributed by atoms with Crippen molar-refractivity contribution in [1.29, 1.82) is 0 Å². The number of thioether (sulfide) groups is 2. The van der Waals surface area contributed by atoms with Crippen molar-refractivity contribution in [3.63, 3.8) is 0 Å². The molecular formula is C11H20O2S2. The van der Waals surface area contributed by atoms with Gasteiger partial charge in [-0.2, -0.15) is 0 Å². The zero-order valence-corrected chi connectivity index (χ0v) is 10.8. The molecule has 0 saturated carbocycles. The summed E-state index contributed by atoms with van der Waals surface area (Å²) in [6.45, 7) is 1.58. The highest BCUT2D eigenvalue weighted by Crippen LogP contribution is 2.34. The van der Waals surface area contributed by atoms with Gasteiger partial charge in [-0.15, -0.1) is 23.5 Å². The van der Waals surface area contributed by atoms with Gasteiger partial charge in [0.05, 0.1) is 17.8 Å². The van der Waals surface area contributed by atoms with Crippen molar-refractivity contribution in [1.82, 2.24) is 0 Å². The predicted octanol–water partition coefficient (Wildman–Crippen LogP) is 3.12. The summed E-state index contributed by atoms with van der Waals surface area (Å²) in [7, 11) is 0. The molecule has 2 nitrogen and oxygen atoms in total. The van der Waals surface area contributed by atoms with Crippen molar-refractivity contribution in [2.24, 2.45) is 0 Å². The topological polar surface area (TPSA) is 18.5 Å². The van der Waals surface area contributed by atoms with Crippen LogP contribution < -0.4 is 0 Å². The van der Waals surface area contributed by atoms with Crippen LogP contribution in [0.2, 0.25) is 0 Å². The maximum Gasteiger partial charge on any atom is 0.157 e. The molecule has 0 spiro atoms. The standard InChI is InChI=1S/C11H20O2S2/c1(4-10-12-6-7-13-10)2-5-11-14-8-3-9-15-11/h10-11H,1-9H2. The Hall–Kier alpha value is 0.620. The molecule has 2 fully saturated rings. The van der Waals surface area contributed by atoms with Crippen LogP contribution in [0.5, 0.6) is 0 Å². The van der Waals surface area contributed by atoms with Gasteiger partial charge in [-0.05, 0) is 37.2 Å². The monoisotopic (exact) mass is 248 g/mol. The third kappa shape index (κ3) is 4.55. The Labute approximate surface area is 101 Å². The van der Waals surface area contributed by atoms with Gasteiger partial charge >= 0.3 is 0 Å². The lowest BCUT2D eigenvalue weighted by atomic mass is 10.2. The zero-order valence-electron chi connectivity index (χ0n) is 9.15. The van der Waals surface area contributed by atoms with Gasteiger partial charge in [-0.25, -0.2) is 0 Å². The maximum atomic E-state index is 5.41. The summed E-state index contributed by atoms with van der Waals surface area (Å²) in [5, 5.41) is 0. The van der Waals surface area contributed by atoms with E-state index in [0.29, 0.717) is 0 Å². The average molecular weight is 248 g/mol. The number of ether oxygens (including phenoxy) is 2.